The fourth-order valence-electron chi connectivity index (χ4n) is 1.31. The van der Waals surface area contributed by atoms with Gasteiger partial charge in [-0.1, -0.05) is 6.92 Å². The van der Waals surface area contributed by atoms with E-state index in [0.717, 1.165) is 0 Å². The highest BCUT2D eigenvalue weighted by Gasteiger charge is 2.13. The fourth-order valence-corrected chi connectivity index (χ4v) is 1.31. The van der Waals surface area contributed by atoms with E-state index in [1.807, 2.05) is 0 Å². The Bertz CT molecular complexity index is 395. The van der Waals surface area contributed by atoms with E-state index < -0.39 is 0 Å². The maximum Gasteiger partial charge on any atom is 0.310 e. The average molecular weight is 241 g/mol. The third-order valence-corrected chi connectivity index (χ3v) is 2.38. The van der Waals surface area contributed by atoms with Crippen LogP contribution in [-0.4, -0.2) is 26.7 Å². The molecule has 0 fully saturated rings. The van der Waals surface area contributed by atoms with Crippen molar-refractivity contribution in [3.8, 4) is 5.75 Å². The second kappa shape index (κ2) is 6.08. The van der Waals surface area contributed by atoms with E-state index in [0.29, 0.717) is 18.0 Å². The summed E-state index contributed by atoms with van der Waals surface area (Å²) in [7, 11) is 2.83. The summed E-state index contributed by atoms with van der Waals surface area (Å²) in [5, 5.41) is 2.85. The van der Waals surface area contributed by atoms with Gasteiger partial charge in [0.15, 0.2) is 0 Å². The Morgan fingerprint density at radius 1 is 1.47 bits per heavy atom. The van der Waals surface area contributed by atoms with Crippen LogP contribution in [0.15, 0.2) is 18.2 Å². The lowest BCUT2D eigenvalue weighted by atomic mass is 10.2. The van der Waals surface area contributed by atoms with Gasteiger partial charge in [0, 0.05) is 12.6 Å². The number of hydrogen-bond donors (Lipinski definition) is 1. The summed E-state index contributed by atoms with van der Waals surface area (Å²) in [6.07, 6.45) is 0. The summed E-state index contributed by atoms with van der Waals surface area (Å²) in [6, 6.07) is 4.38. The van der Waals surface area contributed by atoms with E-state index in [-0.39, 0.29) is 17.7 Å². The summed E-state index contributed by atoms with van der Waals surface area (Å²) in [4.78, 5) is 11.2. The van der Waals surface area contributed by atoms with Crippen LogP contribution in [0.4, 0.5) is 10.1 Å². The number of methoxy groups -OCH3 is 2. The van der Waals surface area contributed by atoms with E-state index in [1.54, 1.807) is 13.0 Å². The summed E-state index contributed by atoms with van der Waals surface area (Å²) in [6.45, 7) is 2.01. The lowest BCUT2D eigenvalue weighted by Crippen LogP contribution is -2.21. The molecule has 0 saturated heterocycles. The predicted octanol–water partition coefficient (Wildman–Crippen LogP) is 2.06. The molecule has 1 N–H and O–H groups in total. The standard InChI is InChI=1S/C12H16FNO3/c1-8(12(15)17-3)7-14-11-6-9(16-2)4-5-10(11)13/h4-6,8,14H,7H2,1-3H3. The normalized spacial score (nSPS) is 11.8. The molecule has 1 unspecified atom stereocenters. The Labute approximate surface area is 99.7 Å². The summed E-state index contributed by atoms with van der Waals surface area (Å²) in [5.41, 5.74) is 0.306. The first-order valence-corrected chi connectivity index (χ1v) is 5.23. The van der Waals surface area contributed by atoms with Gasteiger partial charge in [0.1, 0.15) is 11.6 Å². The van der Waals surface area contributed by atoms with Crippen LogP contribution in [0.3, 0.4) is 0 Å². The van der Waals surface area contributed by atoms with Gasteiger partial charge in [-0.05, 0) is 12.1 Å². The molecule has 5 heteroatoms. The van der Waals surface area contributed by atoms with Crippen molar-refractivity contribution in [2.24, 2.45) is 5.92 Å². The number of rotatable bonds is 5. The smallest absolute Gasteiger partial charge is 0.310 e. The first kappa shape index (κ1) is 13.3. The van der Waals surface area contributed by atoms with Crippen molar-refractivity contribution in [1.29, 1.82) is 0 Å². The Kier molecular flexibility index (Phi) is 4.75. The van der Waals surface area contributed by atoms with E-state index in [2.05, 4.69) is 10.1 Å². The molecule has 0 spiro atoms. The van der Waals surface area contributed by atoms with Crippen molar-refractivity contribution in [3.05, 3.63) is 24.0 Å². The number of ether oxygens (including phenoxy) is 2. The van der Waals surface area contributed by atoms with Crippen molar-refractivity contribution in [2.45, 2.75) is 6.92 Å². The van der Waals surface area contributed by atoms with Crippen molar-refractivity contribution in [2.75, 3.05) is 26.1 Å². The molecule has 0 saturated carbocycles. The Balaban J connectivity index is 2.65. The van der Waals surface area contributed by atoms with Gasteiger partial charge < -0.3 is 14.8 Å². The molecule has 1 atom stereocenters. The second-order valence-electron chi connectivity index (χ2n) is 3.65. The molecule has 0 aliphatic rings. The minimum atomic E-state index is -0.386. The third kappa shape index (κ3) is 3.62. The molecule has 0 aliphatic heterocycles. The van der Waals surface area contributed by atoms with E-state index in [9.17, 15) is 9.18 Å². The van der Waals surface area contributed by atoms with Crippen LogP contribution in [0.25, 0.3) is 0 Å². The summed E-state index contributed by atoms with van der Waals surface area (Å²) >= 11 is 0. The Morgan fingerprint density at radius 3 is 2.76 bits per heavy atom. The first-order valence-electron chi connectivity index (χ1n) is 5.23. The zero-order valence-corrected chi connectivity index (χ0v) is 10.1. The van der Waals surface area contributed by atoms with Crippen molar-refractivity contribution in [1.82, 2.24) is 0 Å². The third-order valence-electron chi connectivity index (χ3n) is 2.38. The summed E-state index contributed by atoms with van der Waals surface area (Å²) in [5.74, 6) is -0.506. The number of carbonyl (C=O) groups excluding carboxylic acids is 1. The highest BCUT2D eigenvalue weighted by molar-refractivity contribution is 5.72. The van der Waals surface area contributed by atoms with Gasteiger partial charge in [0.2, 0.25) is 0 Å². The molecule has 17 heavy (non-hydrogen) atoms. The van der Waals surface area contributed by atoms with Crippen LogP contribution in [0.2, 0.25) is 0 Å². The average Bonchev–Trinajstić information content (AvgIpc) is 2.36. The van der Waals surface area contributed by atoms with E-state index >= 15 is 0 Å². The Hall–Kier alpha value is -1.78. The number of hydrogen-bond acceptors (Lipinski definition) is 4. The predicted molar refractivity (Wildman–Crippen MR) is 62.6 cm³/mol. The Morgan fingerprint density at radius 2 is 2.18 bits per heavy atom. The molecule has 94 valence electrons. The molecule has 0 aromatic heterocycles. The molecular weight excluding hydrogens is 225 g/mol. The fraction of sp³-hybridized carbons (Fsp3) is 0.417. The molecule has 4 nitrogen and oxygen atoms in total. The largest absolute Gasteiger partial charge is 0.497 e. The molecule has 0 bridgehead atoms. The maximum absolute atomic E-state index is 13.4. The van der Waals surface area contributed by atoms with Crippen LogP contribution in [0.1, 0.15) is 6.92 Å². The zero-order valence-electron chi connectivity index (χ0n) is 10.1. The van der Waals surface area contributed by atoms with Gasteiger partial charge in [-0.2, -0.15) is 0 Å². The molecule has 1 aromatic carbocycles. The van der Waals surface area contributed by atoms with Crippen LogP contribution in [0.5, 0.6) is 5.75 Å². The SMILES string of the molecule is COC(=O)C(C)CNc1cc(OC)ccc1F. The molecule has 0 heterocycles. The van der Waals surface area contributed by atoms with E-state index in [4.69, 9.17) is 4.74 Å². The minimum Gasteiger partial charge on any atom is -0.497 e. The maximum atomic E-state index is 13.4. The van der Waals surface area contributed by atoms with Crippen LogP contribution in [-0.2, 0) is 9.53 Å². The summed E-state index contributed by atoms with van der Waals surface area (Å²) < 4.78 is 23.0. The zero-order chi connectivity index (χ0) is 12.8. The molecule has 1 aromatic rings. The number of halogens is 1. The van der Waals surface area contributed by atoms with Crippen LogP contribution >= 0.6 is 0 Å². The monoisotopic (exact) mass is 241 g/mol. The van der Waals surface area contributed by atoms with Gasteiger partial charge >= 0.3 is 5.97 Å². The lowest BCUT2D eigenvalue weighted by Gasteiger charge is -2.12. The lowest BCUT2D eigenvalue weighted by molar-refractivity contribution is -0.144. The number of benzene rings is 1. The highest BCUT2D eigenvalue weighted by Crippen LogP contribution is 2.21. The molecule has 0 aliphatic carbocycles. The van der Waals surface area contributed by atoms with Gasteiger partial charge in [-0.3, -0.25) is 4.79 Å². The number of carbonyl (C=O) groups is 1. The van der Waals surface area contributed by atoms with Crippen LogP contribution in [0, 0.1) is 11.7 Å². The molecule has 0 radical (unpaired) electrons. The van der Waals surface area contributed by atoms with Crippen molar-refractivity contribution >= 4 is 11.7 Å². The first-order chi connectivity index (χ1) is 8.08. The molecule has 0 amide bonds. The van der Waals surface area contributed by atoms with Gasteiger partial charge in [0.05, 0.1) is 25.8 Å². The molecule has 1 rings (SSSR count). The minimum absolute atomic E-state index is 0.302. The van der Waals surface area contributed by atoms with Gasteiger partial charge in [-0.15, -0.1) is 0 Å². The quantitative estimate of drug-likeness (QED) is 0.801. The van der Waals surface area contributed by atoms with Crippen LogP contribution < -0.4 is 10.1 Å². The number of esters is 1. The highest BCUT2D eigenvalue weighted by atomic mass is 19.1. The second-order valence-corrected chi connectivity index (χ2v) is 3.65. The van der Waals surface area contributed by atoms with Gasteiger partial charge in [0.25, 0.3) is 0 Å². The van der Waals surface area contributed by atoms with Crippen molar-refractivity contribution in [3.63, 3.8) is 0 Å². The molecular formula is C12H16FNO3. The van der Waals surface area contributed by atoms with Crippen molar-refractivity contribution < 1.29 is 18.7 Å². The number of nitrogens with one attached hydrogen (secondary N) is 1. The number of anilines is 1. The topological polar surface area (TPSA) is 47.6 Å². The van der Waals surface area contributed by atoms with Gasteiger partial charge in [-0.25, -0.2) is 4.39 Å². The van der Waals surface area contributed by atoms with E-state index in [1.165, 1.54) is 26.4 Å².